The molecule has 1 amide bonds. The topological polar surface area (TPSA) is 226 Å². The molecular weight excluding hydrogens is 492 g/mol. The molecule has 1 heterocycles. The third-order valence-corrected chi connectivity index (χ3v) is 6.13. The molecule has 16 heteroatoms. The van der Waals surface area contributed by atoms with Crippen LogP contribution in [0.1, 0.15) is 5.69 Å². The summed E-state index contributed by atoms with van der Waals surface area (Å²) in [6.45, 7) is 1.24. The predicted molar refractivity (Wildman–Crippen MR) is 119 cm³/mol. The predicted octanol–water partition coefficient (Wildman–Crippen LogP) is 1.28. The largest absolute Gasteiger partial charge is 0.325 e. The molecule has 0 aliphatic heterocycles. The zero-order valence-electron chi connectivity index (χ0n) is 17.3. The molecule has 0 radical (unpaired) electrons. The maximum absolute atomic E-state index is 12.9. The van der Waals surface area contributed by atoms with Crippen molar-refractivity contribution in [1.82, 2.24) is 9.78 Å². The minimum Gasteiger partial charge on any atom is -0.325 e. The zero-order valence-corrected chi connectivity index (χ0v) is 19.0. The average Bonchev–Trinajstić information content (AvgIpc) is 3.04. The molecule has 6 N–H and O–H groups in total. The Labute approximate surface area is 192 Å². The third kappa shape index (κ3) is 5.43. The highest BCUT2D eigenvalue weighted by Gasteiger charge is 2.20. The first-order valence-electron chi connectivity index (χ1n) is 9.24. The summed E-state index contributed by atoms with van der Waals surface area (Å²) in [6, 6.07) is 8.34. The van der Waals surface area contributed by atoms with Gasteiger partial charge in [0.25, 0.3) is 25.8 Å². The van der Waals surface area contributed by atoms with E-state index >= 15 is 0 Å². The Morgan fingerprint density at radius 2 is 1.79 bits per heavy atom. The van der Waals surface area contributed by atoms with Crippen molar-refractivity contribution in [3.63, 3.8) is 0 Å². The van der Waals surface area contributed by atoms with Gasteiger partial charge in [0.1, 0.15) is 10.6 Å². The number of aryl methyl sites for hydroxylation is 1. The number of aromatic amines is 1. The highest BCUT2D eigenvalue weighted by Crippen LogP contribution is 2.29. The summed E-state index contributed by atoms with van der Waals surface area (Å²) in [5.41, 5.74) is 4.58. The number of nitrogens with two attached hydrogens (primary N) is 1. The molecule has 34 heavy (non-hydrogen) atoms. The Morgan fingerprint density at radius 1 is 1.09 bits per heavy atom. The summed E-state index contributed by atoms with van der Waals surface area (Å²) >= 11 is 0. The molecule has 0 aliphatic carbocycles. The quantitative estimate of drug-likeness (QED) is 0.227. The minimum absolute atomic E-state index is 0.212. The number of H-pyrrole nitrogens is 1. The summed E-state index contributed by atoms with van der Waals surface area (Å²) < 4.78 is 65.6. The van der Waals surface area contributed by atoms with Gasteiger partial charge >= 0.3 is 0 Å². The van der Waals surface area contributed by atoms with Crippen molar-refractivity contribution < 1.29 is 30.7 Å². The number of azo groups is 1. The van der Waals surface area contributed by atoms with Crippen molar-refractivity contribution in [1.29, 1.82) is 0 Å². The monoisotopic (exact) mass is 510 g/mol. The lowest BCUT2D eigenvalue weighted by molar-refractivity contribution is -0.114. The molecule has 0 atom stereocenters. The summed E-state index contributed by atoms with van der Waals surface area (Å²) in [6.07, 6.45) is 0. The molecule has 180 valence electrons. The van der Waals surface area contributed by atoms with Gasteiger partial charge in [-0.25, -0.2) is 4.68 Å². The molecule has 0 fully saturated rings. The summed E-state index contributed by atoms with van der Waals surface area (Å²) in [4.78, 5) is 22.9. The van der Waals surface area contributed by atoms with E-state index in [2.05, 4.69) is 20.6 Å². The van der Waals surface area contributed by atoms with Crippen LogP contribution in [0, 0.1) is 6.92 Å². The van der Waals surface area contributed by atoms with Gasteiger partial charge in [-0.05, 0) is 43.3 Å². The van der Waals surface area contributed by atoms with Crippen molar-refractivity contribution in [3.05, 3.63) is 58.5 Å². The van der Waals surface area contributed by atoms with Crippen molar-refractivity contribution in [2.24, 2.45) is 16.0 Å². The van der Waals surface area contributed by atoms with Crippen molar-refractivity contribution >= 4 is 43.2 Å². The number of anilines is 1. The van der Waals surface area contributed by atoms with E-state index in [4.69, 9.17) is 5.73 Å². The molecule has 14 nitrogen and oxygen atoms in total. The van der Waals surface area contributed by atoms with Gasteiger partial charge in [0.15, 0.2) is 5.69 Å². The van der Waals surface area contributed by atoms with Crippen LogP contribution in [-0.2, 0) is 25.0 Å². The zero-order chi connectivity index (χ0) is 25.3. The third-order valence-electron chi connectivity index (χ3n) is 4.38. The van der Waals surface area contributed by atoms with Crippen LogP contribution >= 0.6 is 0 Å². The van der Waals surface area contributed by atoms with E-state index < -0.39 is 47.2 Å². The number of rotatable bonds is 7. The first kappa shape index (κ1) is 24.9. The minimum atomic E-state index is -4.84. The van der Waals surface area contributed by atoms with Gasteiger partial charge in [0, 0.05) is 5.69 Å². The van der Waals surface area contributed by atoms with E-state index in [-0.39, 0.29) is 17.9 Å². The van der Waals surface area contributed by atoms with E-state index in [1.165, 1.54) is 13.0 Å². The molecule has 0 unspecified atom stereocenters. The van der Waals surface area contributed by atoms with Crippen LogP contribution in [0.3, 0.4) is 0 Å². The summed E-state index contributed by atoms with van der Waals surface area (Å²) in [7, 11) is -9.56. The number of nitrogens with zero attached hydrogens (tertiary/aromatic N) is 3. The van der Waals surface area contributed by atoms with Gasteiger partial charge in [0.2, 0.25) is 5.91 Å². The second kappa shape index (κ2) is 9.27. The maximum atomic E-state index is 12.9. The highest BCUT2D eigenvalue weighted by molar-refractivity contribution is 7.86. The number of hydrogen-bond acceptors (Lipinski definition) is 9. The highest BCUT2D eigenvalue weighted by atomic mass is 32.2. The van der Waals surface area contributed by atoms with E-state index in [1.54, 1.807) is 18.2 Å². The smallest absolute Gasteiger partial charge is 0.299 e. The lowest BCUT2D eigenvalue weighted by Gasteiger charge is -2.06. The number of nitrogens with one attached hydrogen (secondary N) is 2. The fourth-order valence-electron chi connectivity index (χ4n) is 2.83. The first-order chi connectivity index (χ1) is 15.8. The fourth-order valence-corrected chi connectivity index (χ4v) is 3.93. The Kier molecular flexibility index (Phi) is 6.80. The molecule has 0 bridgehead atoms. The van der Waals surface area contributed by atoms with Crippen LogP contribution in [0.25, 0.3) is 5.69 Å². The van der Waals surface area contributed by atoms with Gasteiger partial charge in [-0.3, -0.25) is 23.8 Å². The van der Waals surface area contributed by atoms with E-state index in [0.29, 0.717) is 17.4 Å². The molecule has 1 aromatic heterocycles. The van der Waals surface area contributed by atoms with Crippen molar-refractivity contribution in [2.75, 3.05) is 11.9 Å². The number of amides is 1. The maximum Gasteiger partial charge on any atom is 0.299 e. The SMILES string of the molecule is Cc1[nH]n(-c2cccc(NC(=O)CN)c2)c(=O)c1N=Nc1cc(S(=O)(=O)O)ccc1S(=O)(=O)O. The van der Waals surface area contributed by atoms with Crippen LogP contribution in [-0.4, -0.2) is 48.2 Å². The Hall–Kier alpha value is -3.70. The summed E-state index contributed by atoms with van der Waals surface area (Å²) in [5, 5.41) is 12.6. The molecular formula is C18H18N6O8S2. The molecule has 2 aromatic carbocycles. The van der Waals surface area contributed by atoms with Crippen molar-refractivity contribution in [3.8, 4) is 5.69 Å². The Bertz CT molecular complexity index is 1570. The number of aromatic nitrogens is 2. The number of benzene rings is 2. The molecule has 0 spiro atoms. The average molecular weight is 511 g/mol. The van der Waals surface area contributed by atoms with Crippen molar-refractivity contribution in [2.45, 2.75) is 16.7 Å². The normalized spacial score (nSPS) is 12.2. The van der Waals surface area contributed by atoms with Gasteiger partial charge < -0.3 is 11.1 Å². The standard InChI is InChI=1S/C18H18N6O8S2/c1-10-17(18(26)24(23-10)12-4-2-3-11(7-12)20-16(25)9-19)22-21-14-8-13(33(27,28)29)5-6-15(14)34(30,31)32/h2-8,23H,9,19H2,1H3,(H,20,25)(H,27,28,29)(H,30,31,32). The van der Waals surface area contributed by atoms with E-state index in [1.807, 2.05) is 0 Å². The van der Waals surface area contributed by atoms with Crippen LogP contribution < -0.4 is 16.6 Å². The van der Waals surface area contributed by atoms with E-state index in [0.717, 1.165) is 16.8 Å². The molecule has 0 saturated heterocycles. The van der Waals surface area contributed by atoms with Crippen LogP contribution in [0.15, 0.2) is 67.3 Å². The molecule has 3 rings (SSSR count). The lowest BCUT2D eigenvalue weighted by atomic mass is 10.2. The number of carbonyl (C=O) groups excluding carboxylic acids is 1. The molecule has 0 aliphatic rings. The van der Waals surface area contributed by atoms with Gasteiger partial charge in [-0.1, -0.05) is 6.07 Å². The molecule has 0 saturated carbocycles. The lowest BCUT2D eigenvalue weighted by Crippen LogP contribution is -2.22. The Balaban J connectivity index is 2.07. The van der Waals surface area contributed by atoms with Gasteiger partial charge in [0.05, 0.1) is 22.8 Å². The Morgan fingerprint density at radius 3 is 2.41 bits per heavy atom. The fraction of sp³-hybridized carbons (Fsp3) is 0.111. The van der Waals surface area contributed by atoms with Crippen LogP contribution in [0.4, 0.5) is 17.1 Å². The molecule has 3 aromatic rings. The number of carbonyl (C=O) groups is 1. The number of hydrogen-bond donors (Lipinski definition) is 5. The van der Waals surface area contributed by atoms with Crippen LogP contribution in [0.5, 0.6) is 0 Å². The van der Waals surface area contributed by atoms with Gasteiger partial charge in [-0.2, -0.15) is 16.8 Å². The second-order valence-electron chi connectivity index (χ2n) is 6.81. The van der Waals surface area contributed by atoms with E-state index in [9.17, 15) is 35.5 Å². The first-order valence-corrected chi connectivity index (χ1v) is 12.1. The van der Waals surface area contributed by atoms with Crippen LogP contribution in [0.2, 0.25) is 0 Å². The summed E-state index contributed by atoms with van der Waals surface area (Å²) in [5.74, 6) is -0.441. The second-order valence-corrected chi connectivity index (χ2v) is 9.62. The van der Waals surface area contributed by atoms with Gasteiger partial charge in [-0.15, -0.1) is 10.2 Å².